The van der Waals surface area contributed by atoms with Crippen molar-refractivity contribution in [1.29, 1.82) is 0 Å². The second-order valence-electron chi connectivity index (χ2n) is 12.1. The number of hydrogen-bond donors (Lipinski definition) is 0. The molecule has 0 atom stereocenters. The lowest BCUT2D eigenvalue weighted by Crippen LogP contribution is -1.99. The van der Waals surface area contributed by atoms with Gasteiger partial charge in [0.1, 0.15) is 11.5 Å². The number of ether oxygens (including phenoxy) is 1. The Morgan fingerprint density at radius 3 is 1.71 bits per heavy atom. The highest BCUT2D eigenvalue weighted by atomic mass is 16.5. The Balaban J connectivity index is 1.27. The third kappa shape index (κ3) is 3.62. The van der Waals surface area contributed by atoms with E-state index in [4.69, 9.17) is 4.74 Å². The van der Waals surface area contributed by atoms with Gasteiger partial charge >= 0.3 is 0 Å². The maximum absolute atomic E-state index is 6.77. The molecule has 0 aromatic heterocycles. The Hall–Kier alpha value is -5.92. The third-order valence-electron chi connectivity index (χ3n) is 9.58. The van der Waals surface area contributed by atoms with Gasteiger partial charge in [0.2, 0.25) is 0 Å². The van der Waals surface area contributed by atoms with Crippen LogP contribution in [0.2, 0.25) is 0 Å². The van der Waals surface area contributed by atoms with Crippen molar-refractivity contribution in [1.82, 2.24) is 0 Å². The fourth-order valence-corrected chi connectivity index (χ4v) is 7.51. The van der Waals surface area contributed by atoms with Gasteiger partial charge in [0, 0.05) is 16.5 Å². The highest BCUT2D eigenvalue weighted by Crippen LogP contribution is 2.51. The SMILES string of the molecule is c1ccc(-c2cc(-c3ccc4cccc5c4c3Oc3ccccc3-5)cc(-c3ccc4ccc5cccc6ccc3c4c56)c2)cc1. The van der Waals surface area contributed by atoms with E-state index >= 15 is 0 Å². The van der Waals surface area contributed by atoms with Gasteiger partial charge in [0.05, 0.1) is 0 Å². The normalized spacial score (nSPS) is 12.2. The Kier molecular flexibility index (Phi) is 5.06. The van der Waals surface area contributed by atoms with Gasteiger partial charge in [-0.25, -0.2) is 0 Å². The van der Waals surface area contributed by atoms with Gasteiger partial charge < -0.3 is 4.74 Å². The van der Waals surface area contributed by atoms with Crippen LogP contribution in [0.25, 0.3) is 87.6 Å². The first-order valence-corrected chi connectivity index (χ1v) is 15.5. The predicted octanol–water partition coefficient (Wildman–Crippen LogP) is 12.5. The van der Waals surface area contributed by atoms with Gasteiger partial charge in [-0.1, -0.05) is 127 Å². The first kappa shape index (κ1) is 24.5. The number of rotatable bonds is 3. The van der Waals surface area contributed by atoms with Crippen LogP contribution in [0.15, 0.2) is 158 Å². The monoisotopic (exact) mass is 570 g/mol. The lowest BCUT2D eigenvalue weighted by atomic mass is 9.86. The minimum atomic E-state index is 0.899. The minimum absolute atomic E-state index is 0.899. The molecule has 0 aliphatic carbocycles. The van der Waals surface area contributed by atoms with Crippen LogP contribution in [0.3, 0.4) is 0 Å². The van der Waals surface area contributed by atoms with E-state index in [1.165, 1.54) is 70.9 Å². The molecule has 1 nitrogen and oxygen atoms in total. The van der Waals surface area contributed by atoms with Crippen molar-refractivity contribution in [3.63, 3.8) is 0 Å². The van der Waals surface area contributed by atoms with Crippen LogP contribution in [0.5, 0.6) is 11.5 Å². The van der Waals surface area contributed by atoms with E-state index in [-0.39, 0.29) is 0 Å². The molecule has 0 radical (unpaired) electrons. The summed E-state index contributed by atoms with van der Waals surface area (Å²) in [5, 5.41) is 10.1. The summed E-state index contributed by atoms with van der Waals surface area (Å²) in [6.45, 7) is 0. The molecule has 45 heavy (non-hydrogen) atoms. The van der Waals surface area contributed by atoms with Crippen molar-refractivity contribution < 1.29 is 4.74 Å². The lowest BCUT2D eigenvalue weighted by Gasteiger charge is -2.24. The standard InChI is InChI=1S/C44H26O/c1-2-8-27(9-3-1)32-24-33(35-21-18-31-17-16-28-10-6-11-29-20-23-39(35)42(31)41(28)29)26-34(25-32)36-22-19-30-12-7-14-38-37-13-4-5-15-40(37)45-44(36)43(30)38/h1-26H. The zero-order valence-corrected chi connectivity index (χ0v) is 24.4. The van der Waals surface area contributed by atoms with Crippen molar-refractivity contribution in [3.8, 4) is 56.0 Å². The zero-order chi connectivity index (χ0) is 29.5. The van der Waals surface area contributed by atoms with Crippen molar-refractivity contribution in [2.75, 3.05) is 0 Å². The molecule has 0 amide bonds. The van der Waals surface area contributed by atoms with Crippen molar-refractivity contribution in [2.24, 2.45) is 0 Å². The quantitative estimate of drug-likeness (QED) is 0.192. The van der Waals surface area contributed by atoms with Gasteiger partial charge in [-0.05, 0) is 101 Å². The second kappa shape index (κ2) is 9.29. The first-order chi connectivity index (χ1) is 22.3. The van der Waals surface area contributed by atoms with E-state index in [0.717, 1.165) is 28.2 Å². The van der Waals surface area contributed by atoms with E-state index in [2.05, 4.69) is 158 Å². The Morgan fingerprint density at radius 2 is 0.889 bits per heavy atom. The molecule has 10 rings (SSSR count). The highest BCUT2D eigenvalue weighted by Gasteiger charge is 2.23. The van der Waals surface area contributed by atoms with Crippen LogP contribution in [-0.2, 0) is 0 Å². The second-order valence-corrected chi connectivity index (χ2v) is 12.1. The summed E-state index contributed by atoms with van der Waals surface area (Å²) < 4.78 is 6.77. The summed E-state index contributed by atoms with van der Waals surface area (Å²) in [5.41, 5.74) is 9.41. The zero-order valence-electron chi connectivity index (χ0n) is 24.4. The largest absolute Gasteiger partial charge is 0.455 e. The summed E-state index contributed by atoms with van der Waals surface area (Å²) in [7, 11) is 0. The number of benzene rings is 9. The molecule has 0 fully saturated rings. The molecule has 0 saturated heterocycles. The summed E-state index contributed by atoms with van der Waals surface area (Å²) >= 11 is 0. The van der Waals surface area contributed by atoms with Crippen molar-refractivity contribution >= 4 is 43.1 Å². The molecule has 0 saturated carbocycles. The summed E-state index contributed by atoms with van der Waals surface area (Å²) in [6.07, 6.45) is 0. The topological polar surface area (TPSA) is 9.23 Å². The molecule has 1 heterocycles. The number of hydrogen-bond acceptors (Lipinski definition) is 1. The van der Waals surface area contributed by atoms with Crippen LogP contribution in [0, 0.1) is 0 Å². The van der Waals surface area contributed by atoms with Gasteiger partial charge in [-0.2, -0.15) is 0 Å². The molecule has 0 unspecified atom stereocenters. The maximum Gasteiger partial charge on any atom is 0.143 e. The summed E-state index contributed by atoms with van der Waals surface area (Å²) in [4.78, 5) is 0. The molecule has 1 aliphatic heterocycles. The minimum Gasteiger partial charge on any atom is -0.455 e. The molecule has 208 valence electrons. The van der Waals surface area contributed by atoms with Gasteiger partial charge in [-0.15, -0.1) is 0 Å². The summed E-state index contributed by atoms with van der Waals surface area (Å²) in [5.74, 6) is 1.82. The Bertz CT molecular complexity index is 2600. The van der Waals surface area contributed by atoms with Crippen LogP contribution >= 0.6 is 0 Å². The fourth-order valence-electron chi connectivity index (χ4n) is 7.51. The number of para-hydroxylation sites is 1. The molecule has 0 bridgehead atoms. The van der Waals surface area contributed by atoms with E-state index in [0.29, 0.717) is 0 Å². The average molecular weight is 571 g/mol. The maximum atomic E-state index is 6.77. The third-order valence-corrected chi connectivity index (χ3v) is 9.58. The van der Waals surface area contributed by atoms with Crippen LogP contribution in [0.4, 0.5) is 0 Å². The van der Waals surface area contributed by atoms with Crippen LogP contribution in [-0.4, -0.2) is 0 Å². The molecule has 9 aromatic rings. The van der Waals surface area contributed by atoms with Crippen LogP contribution in [0.1, 0.15) is 0 Å². The van der Waals surface area contributed by atoms with Gasteiger partial charge in [-0.3, -0.25) is 0 Å². The molecule has 9 aromatic carbocycles. The number of fused-ring (bicyclic) bond motifs is 2. The molecule has 0 spiro atoms. The molecule has 0 N–H and O–H groups in total. The molecule has 1 heteroatoms. The van der Waals surface area contributed by atoms with E-state index in [1.54, 1.807) is 0 Å². The lowest BCUT2D eigenvalue weighted by molar-refractivity contribution is 0.489. The molecule has 1 aliphatic rings. The predicted molar refractivity (Wildman–Crippen MR) is 189 cm³/mol. The van der Waals surface area contributed by atoms with E-state index < -0.39 is 0 Å². The van der Waals surface area contributed by atoms with E-state index in [9.17, 15) is 0 Å². The van der Waals surface area contributed by atoms with Crippen molar-refractivity contribution in [3.05, 3.63) is 158 Å². The van der Waals surface area contributed by atoms with Gasteiger partial charge in [0.15, 0.2) is 0 Å². The fraction of sp³-hybridized carbons (Fsp3) is 0. The Morgan fingerprint density at radius 1 is 0.311 bits per heavy atom. The Labute approximate surface area is 260 Å². The highest BCUT2D eigenvalue weighted by molar-refractivity contribution is 6.25. The van der Waals surface area contributed by atoms with Crippen LogP contribution < -0.4 is 4.74 Å². The van der Waals surface area contributed by atoms with E-state index in [1.807, 2.05) is 0 Å². The molecular weight excluding hydrogens is 544 g/mol. The molecular formula is C44H26O. The average Bonchev–Trinajstić information content (AvgIpc) is 3.11. The smallest absolute Gasteiger partial charge is 0.143 e. The summed E-state index contributed by atoms with van der Waals surface area (Å²) in [6, 6.07) is 57.3. The van der Waals surface area contributed by atoms with Crippen molar-refractivity contribution in [2.45, 2.75) is 0 Å². The first-order valence-electron chi connectivity index (χ1n) is 15.5. The van der Waals surface area contributed by atoms with Gasteiger partial charge in [0.25, 0.3) is 0 Å².